The number of fused-ring (bicyclic) bond motifs is 1. The van der Waals surface area contributed by atoms with E-state index >= 15 is 0 Å². The number of carbonyl (C=O) groups excluding carboxylic acids is 1. The Morgan fingerprint density at radius 3 is 2.52 bits per heavy atom. The number of carbonyl (C=O) groups is 1. The Morgan fingerprint density at radius 2 is 1.86 bits per heavy atom. The van der Waals surface area contributed by atoms with Gasteiger partial charge in [-0.1, -0.05) is 0 Å². The molecule has 0 atom stereocenters. The van der Waals surface area contributed by atoms with Gasteiger partial charge in [0.2, 0.25) is 0 Å². The Balaban J connectivity index is 2.21. The molecule has 0 unspecified atom stereocenters. The van der Waals surface area contributed by atoms with Crippen molar-refractivity contribution in [1.29, 1.82) is 0 Å². The van der Waals surface area contributed by atoms with Gasteiger partial charge in [-0.15, -0.1) is 0 Å². The van der Waals surface area contributed by atoms with Crippen molar-refractivity contribution in [2.45, 2.75) is 20.8 Å². The zero-order valence-corrected chi connectivity index (χ0v) is 17.4. The largest absolute Gasteiger partial charge is 0.497 e. The molecule has 0 bridgehead atoms. The second-order valence-electron chi connectivity index (χ2n) is 6.54. The molecule has 29 heavy (non-hydrogen) atoms. The third-order valence-corrected chi connectivity index (χ3v) is 4.82. The lowest BCUT2D eigenvalue weighted by atomic mass is 10.1. The smallest absolute Gasteiger partial charge is 0.257 e. The van der Waals surface area contributed by atoms with Crippen molar-refractivity contribution in [3.63, 3.8) is 0 Å². The zero-order chi connectivity index (χ0) is 21.0. The average molecular weight is 394 g/mol. The normalized spacial score (nSPS) is 10.7. The van der Waals surface area contributed by atoms with Crippen LogP contribution in [0.4, 0.5) is 11.4 Å². The summed E-state index contributed by atoms with van der Waals surface area (Å²) in [7, 11) is 3.21. The molecule has 0 aliphatic heterocycles. The molecule has 3 aromatic rings. The topological polar surface area (TPSA) is 76.6 Å². The van der Waals surface area contributed by atoms with E-state index in [-0.39, 0.29) is 5.91 Å². The summed E-state index contributed by atoms with van der Waals surface area (Å²) in [4.78, 5) is 23.9. The number of rotatable bonds is 7. The molecule has 152 valence electrons. The second kappa shape index (κ2) is 8.77. The van der Waals surface area contributed by atoms with Gasteiger partial charge in [-0.2, -0.15) is 0 Å². The lowest BCUT2D eigenvalue weighted by Gasteiger charge is -2.22. The number of aryl methyl sites for hydroxylation is 1. The average Bonchev–Trinajstić information content (AvgIpc) is 2.74. The highest BCUT2D eigenvalue weighted by molar-refractivity contribution is 6.07. The standard InChI is InChI=1S/C22H26N4O3/c1-6-26(7-2)22(27)17-13-23-21-16(10-8-14(3)24-21)20(17)25-18-12-15(28-4)9-11-19(18)29-5/h8-13H,6-7H2,1-5H3,(H,23,24,25). The summed E-state index contributed by atoms with van der Waals surface area (Å²) in [6.45, 7) is 7.05. The Morgan fingerprint density at radius 1 is 1.10 bits per heavy atom. The molecule has 0 fully saturated rings. The maximum Gasteiger partial charge on any atom is 0.257 e. The number of aromatic nitrogens is 2. The third kappa shape index (κ3) is 4.08. The SMILES string of the molecule is CCN(CC)C(=O)c1cnc2nc(C)ccc2c1Nc1cc(OC)ccc1OC. The first-order valence-corrected chi connectivity index (χ1v) is 9.57. The van der Waals surface area contributed by atoms with Crippen molar-refractivity contribution in [1.82, 2.24) is 14.9 Å². The molecule has 2 aromatic heterocycles. The first kappa shape index (κ1) is 20.4. The number of nitrogens with one attached hydrogen (secondary N) is 1. The van der Waals surface area contributed by atoms with Crippen LogP contribution in [0.5, 0.6) is 11.5 Å². The molecule has 7 heteroatoms. The fourth-order valence-corrected chi connectivity index (χ4v) is 3.20. The molecule has 0 saturated heterocycles. The van der Waals surface area contributed by atoms with Gasteiger partial charge in [0.05, 0.1) is 31.2 Å². The summed E-state index contributed by atoms with van der Waals surface area (Å²) in [5.74, 6) is 1.23. The van der Waals surface area contributed by atoms with E-state index in [1.54, 1.807) is 25.3 Å². The van der Waals surface area contributed by atoms with Crippen LogP contribution in [-0.4, -0.2) is 48.1 Å². The molecule has 1 N–H and O–H groups in total. The Kier molecular flexibility index (Phi) is 6.16. The van der Waals surface area contributed by atoms with E-state index in [1.165, 1.54) is 0 Å². The summed E-state index contributed by atoms with van der Waals surface area (Å²) in [6.07, 6.45) is 1.59. The number of methoxy groups -OCH3 is 2. The van der Waals surface area contributed by atoms with Crippen molar-refractivity contribution in [2.75, 3.05) is 32.6 Å². The molecular formula is C22H26N4O3. The van der Waals surface area contributed by atoms with Crippen LogP contribution in [0.25, 0.3) is 11.0 Å². The molecule has 0 spiro atoms. The Hall–Kier alpha value is -3.35. The van der Waals surface area contributed by atoms with Crippen LogP contribution in [-0.2, 0) is 0 Å². The fourth-order valence-electron chi connectivity index (χ4n) is 3.20. The Labute approximate surface area is 170 Å². The van der Waals surface area contributed by atoms with Crippen LogP contribution in [0.3, 0.4) is 0 Å². The molecule has 0 saturated carbocycles. The number of pyridine rings is 2. The van der Waals surface area contributed by atoms with E-state index < -0.39 is 0 Å². The van der Waals surface area contributed by atoms with Crippen LogP contribution in [0.1, 0.15) is 29.9 Å². The van der Waals surface area contributed by atoms with Crippen molar-refractivity contribution in [3.05, 3.63) is 47.8 Å². The van der Waals surface area contributed by atoms with Crippen LogP contribution in [0.2, 0.25) is 0 Å². The molecule has 0 aliphatic rings. The first-order chi connectivity index (χ1) is 14.0. The van der Waals surface area contributed by atoms with E-state index in [0.29, 0.717) is 47.2 Å². The molecule has 1 amide bonds. The van der Waals surface area contributed by atoms with Gasteiger partial charge in [0.1, 0.15) is 11.5 Å². The van der Waals surface area contributed by atoms with Gasteiger partial charge in [-0.05, 0) is 45.0 Å². The van der Waals surface area contributed by atoms with Gasteiger partial charge in [0.15, 0.2) is 5.65 Å². The maximum absolute atomic E-state index is 13.2. The molecule has 7 nitrogen and oxygen atoms in total. The first-order valence-electron chi connectivity index (χ1n) is 9.57. The van der Waals surface area contributed by atoms with E-state index in [9.17, 15) is 4.79 Å². The van der Waals surface area contributed by atoms with Crippen LogP contribution in [0.15, 0.2) is 36.5 Å². The second-order valence-corrected chi connectivity index (χ2v) is 6.54. The van der Waals surface area contributed by atoms with Crippen molar-refractivity contribution >= 4 is 28.3 Å². The van der Waals surface area contributed by atoms with E-state index in [0.717, 1.165) is 11.1 Å². The quantitative estimate of drug-likeness (QED) is 0.648. The predicted molar refractivity (Wildman–Crippen MR) is 114 cm³/mol. The molecular weight excluding hydrogens is 368 g/mol. The molecule has 2 heterocycles. The molecule has 3 rings (SSSR count). The predicted octanol–water partition coefficient (Wildman–Crippen LogP) is 4.18. The number of hydrogen-bond acceptors (Lipinski definition) is 6. The minimum Gasteiger partial charge on any atom is -0.497 e. The minimum absolute atomic E-state index is 0.0886. The number of hydrogen-bond donors (Lipinski definition) is 1. The summed E-state index contributed by atoms with van der Waals surface area (Å²) in [5, 5.41) is 4.14. The highest BCUT2D eigenvalue weighted by atomic mass is 16.5. The maximum atomic E-state index is 13.2. The number of nitrogens with zero attached hydrogens (tertiary/aromatic N) is 3. The van der Waals surface area contributed by atoms with Gasteiger partial charge >= 0.3 is 0 Å². The lowest BCUT2D eigenvalue weighted by molar-refractivity contribution is 0.0773. The van der Waals surface area contributed by atoms with E-state index in [1.807, 2.05) is 51.1 Å². The fraction of sp³-hybridized carbons (Fsp3) is 0.318. The lowest BCUT2D eigenvalue weighted by Crippen LogP contribution is -2.31. The van der Waals surface area contributed by atoms with Crippen molar-refractivity contribution < 1.29 is 14.3 Å². The van der Waals surface area contributed by atoms with Gasteiger partial charge in [-0.25, -0.2) is 9.97 Å². The van der Waals surface area contributed by atoms with Gasteiger partial charge in [0, 0.05) is 36.4 Å². The summed E-state index contributed by atoms with van der Waals surface area (Å²) >= 11 is 0. The van der Waals surface area contributed by atoms with Crippen molar-refractivity contribution in [2.24, 2.45) is 0 Å². The van der Waals surface area contributed by atoms with Crippen LogP contribution >= 0.6 is 0 Å². The Bertz CT molecular complexity index is 1030. The highest BCUT2D eigenvalue weighted by Crippen LogP contribution is 2.35. The molecule has 1 aromatic carbocycles. The zero-order valence-electron chi connectivity index (χ0n) is 17.4. The third-order valence-electron chi connectivity index (χ3n) is 4.82. The minimum atomic E-state index is -0.0886. The highest BCUT2D eigenvalue weighted by Gasteiger charge is 2.21. The van der Waals surface area contributed by atoms with Crippen LogP contribution in [0, 0.1) is 6.92 Å². The monoisotopic (exact) mass is 394 g/mol. The van der Waals surface area contributed by atoms with Gasteiger partial charge < -0.3 is 19.7 Å². The molecule has 0 aliphatic carbocycles. The molecule has 0 radical (unpaired) electrons. The van der Waals surface area contributed by atoms with Crippen molar-refractivity contribution in [3.8, 4) is 11.5 Å². The van der Waals surface area contributed by atoms with E-state index in [2.05, 4.69) is 15.3 Å². The van der Waals surface area contributed by atoms with Crippen LogP contribution < -0.4 is 14.8 Å². The van der Waals surface area contributed by atoms with Gasteiger partial charge in [-0.3, -0.25) is 4.79 Å². The summed E-state index contributed by atoms with van der Waals surface area (Å²) in [5.41, 5.74) is 3.25. The summed E-state index contributed by atoms with van der Waals surface area (Å²) < 4.78 is 10.8. The van der Waals surface area contributed by atoms with E-state index in [4.69, 9.17) is 9.47 Å². The number of anilines is 2. The number of benzene rings is 1. The summed E-state index contributed by atoms with van der Waals surface area (Å²) in [6, 6.07) is 9.31. The van der Waals surface area contributed by atoms with Gasteiger partial charge in [0.25, 0.3) is 5.91 Å². The number of ether oxygens (including phenoxy) is 2. The number of amides is 1.